The summed E-state index contributed by atoms with van der Waals surface area (Å²) in [7, 11) is 1.72. The Morgan fingerprint density at radius 2 is 2.11 bits per heavy atom. The zero-order valence-corrected chi connectivity index (χ0v) is 19.5. The number of hydrogen-bond acceptors (Lipinski definition) is 4. The van der Waals surface area contributed by atoms with E-state index in [0.29, 0.717) is 6.10 Å². The van der Waals surface area contributed by atoms with Gasteiger partial charge in [0.25, 0.3) is 0 Å². The predicted octanol–water partition coefficient (Wildman–Crippen LogP) is 3.18. The van der Waals surface area contributed by atoms with Crippen molar-refractivity contribution in [2.24, 2.45) is 4.99 Å². The average Bonchev–Trinajstić information content (AvgIpc) is 3.40. The lowest BCUT2D eigenvalue weighted by Gasteiger charge is -2.27. The fourth-order valence-corrected chi connectivity index (χ4v) is 3.87. The Morgan fingerprint density at radius 3 is 2.79 bits per heavy atom. The lowest BCUT2D eigenvalue weighted by molar-refractivity contribution is 0.113. The standard InChI is InChI=1S/C21H34N4O2.HI/c1-3-22-21(23-15-19-10-7-13-27-19)24-16-20(25-11-4-5-12-25)17-8-6-9-18(14-17)26-2;/h6,8-9,14,19-20H,3-5,7,10-13,15-16H2,1-2H3,(H2,22,23,24);1H. The molecule has 2 N–H and O–H groups in total. The number of benzene rings is 1. The summed E-state index contributed by atoms with van der Waals surface area (Å²) in [5.41, 5.74) is 1.27. The first-order chi connectivity index (χ1) is 13.3. The normalized spacial score (nSPS) is 21.2. The van der Waals surface area contributed by atoms with Crippen LogP contribution in [0.3, 0.4) is 0 Å². The van der Waals surface area contributed by atoms with Crippen molar-refractivity contribution in [3.63, 3.8) is 0 Å². The summed E-state index contributed by atoms with van der Waals surface area (Å²) in [4.78, 5) is 7.45. The monoisotopic (exact) mass is 502 g/mol. The molecule has 28 heavy (non-hydrogen) atoms. The summed E-state index contributed by atoms with van der Waals surface area (Å²) in [6.45, 7) is 7.66. The van der Waals surface area contributed by atoms with E-state index in [2.05, 4.69) is 40.7 Å². The molecule has 2 aliphatic rings. The molecule has 0 saturated carbocycles. The summed E-state index contributed by atoms with van der Waals surface area (Å²) >= 11 is 0. The second-order valence-electron chi connectivity index (χ2n) is 7.27. The van der Waals surface area contributed by atoms with Crippen LogP contribution in [0.1, 0.15) is 44.2 Å². The van der Waals surface area contributed by atoms with Crippen molar-refractivity contribution in [1.82, 2.24) is 15.5 Å². The molecule has 0 aliphatic carbocycles. The van der Waals surface area contributed by atoms with Crippen molar-refractivity contribution in [2.75, 3.05) is 46.4 Å². The van der Waals surface area contributed by atoms with Crippen molar-refractivity contribution in [2.45, 2.75) is 44.8 Å². The zero-order valence-electron chi connectivity index (χ0n) is 17.2. The van der Waals surface area contributed by atoms with Gasteiger partial charge in [-0.05, 0) is 63.4 Å². The van der Waals surface area contributed by atoms with Crippen LogP contribution in [0.15, 0.2) is 29.3 Å². The number of aliphatic imine (C=N–C) groups is 1. The molecule has 0 radical (unpaired) electrons. The summed E-state index contributed by atoms with van der Waals surface area (Å²) < 4.78 is 11.2. The van der Waals surface area contributed by atoms with Gasteiger partial charge in [-0.25, -0.2) is 0 Å². The molecule has 2 atom stereocenters. The first-order valence-corrected chi connectivity index (χ1v) is 10.3. The average molecular weight is 502 g/mol. The number of halogens is 1. The maximum absolute atomic E-state index is 5.72. The molecule has 2 unspecified atom stereocenters. The van der Waals surface area contributed by atoms with Gasteiger partial charge in [0.15, 0.2) is 5.96 Å². The van der Waals surface area contributed by atoms with E-state index < -0.39 is 0 Å². The van der Waals surface area contributed by atoms with Gasteiger partial charge in [0.1, 0.15) is 5.75 Å². The Kier molecular flexibility index (Phi) is 10.4. The summed E-state index contributed by atoms with van der Waals surface area (Å²) in [6, 6.07) is 8.68. The molecular formula is C21H35IN4O2. The SMILES string of the molecule is CCNC(=NCC(c1cccc(OC)c1)N1CCCC1)NCC1CCCO1.I. The van der Waals surface area contributed by atoms with Crippen molar-refractivity contribution in [3.8, 4) is 5.75 Å². The van der Waals surface area contributed by atoms with Gasteiger partial charge in [-0.2, -0.15) is 0 Å². The highest BCUT2D eigenvalue weighted by Gasteiger charge is 2.24. The molecular weight excluding hydrogens is 467 g/mol. The smallest absolute Gasteiger partial charge is 0.191 e. The van der Waals surface area contributed by atoms with Crippen molar-refractivity contribution >= 4 is 29.9 Å². The third-order valence-electron chi connectivity index (χ3n) is 5.35. The van der Waals surface area contributed by atoms with Gasteiger partial charge in [0.2, 0.25) is 0 Å². The molecule has 6 nitrogen and oxygen atoms in total. The van der Waals surface area contributed by atoms with E-state index >= 15 is 0 Å². The molecule has 158 valence electrons. The van der Waals surface area contributed by atoms with E-state index in [0.717, 1.165) is 63.9 Å². The van der Waals surface area contributed by atoms with Crippen LogP contribution in [0, 0.1) is 0 Å². The number of nitrogens with one attached hydrogen (secondary N) is 2. The van der Waals surface area contributed by atoms with Crippen molar-refractivity contribution < 1.29 is 9.47 Å². The Balaban J connectivity index is 0.00000280. The van der Waals surface area contributed by atoms with E-state index in [-0.39, 0.29) is 30.0 Å². The van der Waals surface area contributed by atoms with Crippen LogP contribution in [0.4, 0.5) is 0 Å². The van der Waals surface area contributed by atoms with Crippen LogP contribution in [0.2, 0.25) is 0 Å². The fraction of sp³-hybridized carbons (Fsp3) is 0.667. The van der Waals surface area contributed by atoms with Gasteiger partial charge in [0, 0.05) is 19.7 Å². The molecule has 1 aromatic carbocycles. The maximum atomic E-state index is 5.72. The maximum Gasteiger partial charge on any atom is 0.191 e. The van der Waals surface area contributed by atoms with E-state index in [4.69, 9.17) is 14.5 Å². The first-order valence-electron chi connectivity index (χ1n) is 10.3. The van der Waals surface area contributed by atoms with E-state index in [1.54, 1.807) is 7.11 Å². The van der Waals surface area contributed by atoms with Gasteiger partial charge in [-0.3, -0.25) is 9.89 Å². The van der Waals surface area contributed by atoms with Crippen molar-refractivity contribution in [1.29, 1.82) is 0 Å². The van der Waals surface area contributed by atoms with Crippen LogP contribution in [0.25, 0.3) is 0 Å². The van der Waals surface area contributed by atoms with Crippen LogP contribution >= 0.6 is 24.0 Å². The third-order valence-corrected chi connectivity index (χ3v) is 5.35. The highest BCUT2D eigenvalue weighted by Crippen LogP contribution is 2.27. The van der Waals surface area contributed by atoms with Crippen molar-refractivity contribution in [3.05, 3.63) is 29.8 Å². The summed E-state index contributed by atoms with van der Waals surface area (Å²) in [5, 5.41) is 6.82. The highest BCUT2D eigenvalue weighted by molar-refractivity contribution is 14.0. The molecule has 0 aromatic heterocycles. The lowest BCUT2D eigenvalue weighted by atomic mass is 10.1. The van der Waals surface area contributed by atoms with Crippen LogP contribution in [0.5, 0.6) is 5.75 Å². The largest absolute Gasteiger partial charge is 0.497 e. The Morgan fingerprint density at radius 1 is 1.29 bits per heavy atom. The van der Waals surface area contributed by atoms with Gasteiger partial charge in [0.05, 0.1) is 25.8 Å². The molecule has 0 amide bonds. The number of guanidine groups is 1. The van der Waals surface area contributed by atoms with Crippen LogP contribution in [-0.2, 0) is 4.74 Å². The lowest BCUT2D eigenvalue weighted by Crippen LogP contribution is -2.41. The molecule has 2 saturated heterocycles. The highest BCUT2D eigenvalue weighted by atomic mass is 127. The molecule has 0 spiro atoms. The quantitative estimate of drug-likeness (QED) is 0.325. The topological polar surface area (TPSA) is 58.1 Å². The Bertz CT molecular complexity index is 602. The third kappa shape index (κ3) is 6.77. The second-order valence-corrected chi connectivity index (χ2v) is 7.27. The van der Waals surface area contributed by atoms with Crippen LogP contribution in [-0.4, -0.2) is 63.4 Å². The fourth-order valence-electron chi connectivity index (χ4n) is 3.87. The number of methoxy groups -OCH3 is 1. The van der Waals surface area contributed by atoms with Gasteiger partial charge >= 0.3 is 0 Å². The number of likely N-dealkylation sites (tertiary alicyclic amines) is 1. The second kappa shape index (κ2) is 12.5. The molecule has 2 heterocycles. The number of rotatable bonds is 8. The predicted molar refractivity (Wildman–Crippen MR) is 125 cm³/mol. The molecule has 2 fully saturated rings. The molecule has 7 heteroatoms. The Hall–Kier alpha value is -1.06. The first kappa shape index (κ1) is 23.2. The van der Waals surface area contributed by atoms with E-state index in [9.17, 15) is 0 Å². The number of hydrogen-bond donors (Lipinski definition) is 2. The minimum atomic E-state index is 0. The van der Waals surface area contributed by atoms with Crippen LogP contribution < -0.4 is 15.4 Å². The Labute approximate surface area is 186 Å². The zero-order chi connectivity index (χ0) is 18.9. The number of nitrogens with zero attached hydrogens (tertiary/aromatic N) is 2. The minimum absolute atomic E-state index is 0. The molecule has 2 aliphatic heterocycles. The summed E-state index contributed by atoms with van der Waals surface area (Å²) in [5.74, 6) is 1.78. The van der Waals surface area contributed by atoms with E-state index in [1.807, 2.05) is 6.07 Å². The van der Waals surface area contributed by atoms with Gasteiger partial charge < -0.3 is 20.1 Å². The van der Waals surface area contributed by atoms with Gasteiger partial charge in [-0.15, -0.1) is 24.0 Å². The molecule has 3 rings (SSSR count). The number of ether oxygens (including phenoxy) is 2. The van der Waals surface area contributed by atoms with Gasteiger partial charge in [-0.1, -0.05) is 12.1 Å². The molecule has 0 bridgehead atoms. The summed E-state index contributed by atoms with van der Waals surface area (Å²) in [6.07, 6.45) is 5.13. The molecule has 1 aromatic rings. The minimum Gasteiger partial charge on any atom is -0.497 e. The van der Waals surface area contributed by atoms with E-state index in [1.165, 1.54) is 18.4 Å².